The number of hydrogen-bond donors (Lipinski definition) is 1. The molecular formula is C17H23ClN2S. The van der Waals surface area contributed by atoms with Gasteiger partial charge in [0.25, 0.3) is 0 Å². The maximum absolute atomic E-state index is 6.52. The second-order valence-electron chi connectivity index (χ2n) is 5.33. The molecule has 4 heteroatoms. The highest BCUT2D eigenvalue weighted by molar-refractivity contribution is 7.09. The smallest absolute Gasteiger partial charge is 0.0643 e. The van der Waals surface area contributed by atoms with Crippen molar-refractivity contribution in [3.8, 4) is 0 Å². The zero-order valence-corrected chi connectivity index (χ0v) is 14.5. The number of nitrogens with one attached hydrogen (secondary N) is 1. The van der Waals surface area contributed by atoms with E-state index in [9.17, 15) is 0 Å². The van der Waals surface area contributed by atoms with E-state index in [1.54, 1.807) is 11.3 Å². The van der Waals surface area contributed by atoms with Gasteiger partial charge in [-0.1, -0.05) is 36.7 Å². The van der Waals surface area contributed by atoms with Crippen molar-refractivity contribution in [3.63, 3.8) is 0 Å². The van der Waals surface area contributed by atoms with Crippen molar-refractivity contribution in [3.05, 3.63) is 51.2 Å². The first-order valence-corrected chi connectivity index (χ1v) is 8.66. The van der Waals surface area contributed by atoms with Gasteiger partial charge < -0.3 is 10.2 Å². The fourth-order valence-corrected chi connectivity index (χ4v) is 3.38. The Morgan fingerprint density at radius 3 is 2.67 bits per heavy atom. The topological polar surface area (TPSA) is 15.3 Å². The highest BCUT2D eigenvalue weighted by atomic mass is 35.5. The van der Waals surface area contributed by atoms with Crippen molar-refractivity contribution in [2.45, 2.75) is 39.9 Å². The second-order valence-corrected chi connectivity index (χ2v) is 6.77. The molecule has 21 heavy (non-hydrogen) atoms. The highest BCUT2D eigenvalue weighted by Gasteiger charge is 2.18. The quantitative estimate of drug-likeness (QED) is 0.777. The first kappa shape index (κ1) is 16.3. The lowest BCUT2D eigenvalue weighted by Crippen LogP contribution is -2.31. The van der Waals surface area contributed by atoms with E-state index in [2.05, 4.69) is 54.6 Å². The molecule has 0 atom stereocenters. The van der Waals surface area contributed by atoms with E-state index < -0.39 is 0 Å². The van der Waals surface area contributed by atoms with Gasteiger partial charge in [0.05, 0.1) is 17.3 Å². The van der Waals surface area contributed by atoms with Crippen LogP contribution in [0.3, 0.4) is 0 Å². The van der Waals surface area contributed by atoms with Crippen LogP contribution >= 0.6 is 22.9 Å². The molecule has 2 nitrogen and oxygen atoms in total. The van der Waals surface area contributed by atoms with Gasteiger partial charge in [-0.3, -0.25) is 0 Å². The molecule has 114 valence electrons. The molecule has 1 N–H and O–H groups in total. The van der Waals surface area contributed by atoms with Gasteiger partial charge in [0.15, 0.2) is 0 Å². The van der Waals surface area contributed by atoms with Crippen LogP contribution in [-0.4, -0.2) is 12.6 Å². The molecule has 0 radical (unpaired) electrons. The van der Waals surface area contributed by atoms with Crippen molar-refractivity contribution >= 4 is 28.6 Å². The molecule has 0 bridgehead atoms. The molecule has 0 aliphatic rings. The summed E-state index contributed by atoms with van der Waals surface area (Å²) >= 11 is 8.31. The van der Waals surface area contributed by atoms with Gasteiger partial charge in [-0.25, -0.2) is 0 Å². The molecule has 2 rings (SSSR count). The van der Waals surface area contributed by atoms with Gasteiger partial charge in [-0.05, 0) is 43.5 Å². The maximum Gasteiger partial charge on any atom is 0.0643 e. The van der Waals surface area contributed by atoms with Crippen molar-refractivity contribution in [1.29, 1.82) is 0 Å². The van der Waals surface area contributed by atoms with Crippen LogP contribution in [-0.2, 0) is 13.1 Å². The Labute approximate surface area is 136 Å². The van der Waals surface area contributed by atoms with Crippen LogP contribution in [0.2, 0.25) is 5.02 Å². The van der Waals surface area contributed by atoms with Gasteiger partial charge in [0.2, 0.25) is 0 Å². The van der Waals surface area contributed by atoms with Gasteiger partial charge >= 0.3 is 0 Å². The molecule has 2 aromatic rings. The van der Waals surface area contributed by atoms with Crippen LogP contribution in [0.25, 0.3) is 0 Å². The normalized spacial score (nSPS) is 11.1. The average Bonchev–Trinajstić information content (AvgIpc) is 2.96. The van der Waals surface area contributed by atoms with E-state index in [4.69, 9.17) is 11.6 Å². The van der Waals surface area contributed by atoms with Crippen LogP contribution < -0.4 is 10.2 Å². The molecule has 0 spiro atoms. The third-order valence-corrected chi connectivity index (χ3v) is 4.62. The Bertz CT molecular complexity index is 552. The van der Waals surface area contributed by atoms with Crippen molar-refractivity contribution in [2.75, 3.05) is 11.4 Å². The molecule has 0 fully saturated rings. The average molecular weight is 323 g/mol. The molecule has 0 aliphatic heterocycles. The molecule has 1 aromatic carbocycles. The summed E-state index contributed by atoms with van der Waals surface area (Å²) in [5, 5.41) is 6.36. The summed E-state index contributed by atoms with van der Waals surface area (Å²) in [4.78, 5) is 3.75. The lowest BCUT2D eigenvalue weighted by atomic mass is 10.1. The van der Waals surface area contributed by atoms with Gasteiger partial charge in [-0.15, -0.1) is 11.3 Å². The molecule has 1 aromatic heterocycles. The molecule has 1 heterocycles. The zero-order valence-electron chi connectivity index (χ0n) is 12.9. The summed E-state index contributed by atoms with van der Waals surface area (Å²) in [7, 11) is 0. The van der Waals surface area contributed by atoms with E-state index >= 15 is 0 Å². The van der Waals surface area contributed by atoms with Gasteiger partial charge in [0.1, 0.15) is 0 Å². The van der Waals surface area contributed by atoms with Crippen LogP contribution in [0, 0.1) is 0 Å². The Hall–Kier alpha value is -1.03. The molecule has 0 saturated heterocycles. The van der Waals surface area contributed by atoms with Crippen molar-refractivity contribution < 1.29 is 0 Å². The summed E-state index contributed by atoms with van der Waals surface area (Å²) in [6, 6.07) is 10.9. The summed E-state index contributed by atoms with van der Waals surface area (Å²) < 4.78 is 0. The SMILES string of the molecule is CCNCc1cccc(Cl)c1N(Cc1cccs1)C(C)C. The van der Waals surface area contributed by atoms with E-state index in [-0.39, 0.29) is 0 Å². The van der Waals surface area contributed by atoms with Gasteiger partial charge in [0, 0.05) is 17.5 Å². The minimum Gasteiger partial charge on any atom is -0.362 e. The number of nitrogens with zero attached hydrogens (tertiary/aromatic N) is 1. The summed E-state index contributed by atoms with van der Waals surface area (Å²) in [6.07, 6.45) is 0. The predicted molar refractivity (Wildman–Crippen MR) is 94.5 cm³/mol. The number of halogens is 1. The second kappa shape index (κ2) is 7.83. The van der Waals surface area contributed by atoms with E-state index in [1.165, 1.54) is 10.4 Å². The monoisotopic (exact) mass is 322 g/mol. The number of rotatable bonds is 7. The fraction of sp³-hybridized carbons (Fsp3) is 0.412. The minimum absolute atomic E-state index is 0.396. The van der Waals surface area contributed by atoms with Crippen LogP contribution in [0.4, 0.5) is 5.69 Å². The number of anilines is 1. The Kier molecular flexibility index (Phi) is 6.09. The number of thiophene rings is 1. The molecule has 0 saturated carbocycles. The van der Waals surface area contributed by atoms with Gasteiger partial charge in [-0.2, -0.15) is 0 Å². The Morgan fingerprint density at radius 2 is 2.05 bits per heavy atom. The fourth-order valence-electron chi connectivity index (χ4n) is 2.37. The Balaban J connectivity index is 2.34. The van der Waals surface area contributed by atoms with Crippen LogP contribution in [0.1, 0.15) is 31.2 Å². The highest BCUT2D eigenvalue weighted by Crippen LogP contribution is 2.33. The maximum atomic E-state index is 6.52. The number of para-hydroxylation sites is 1. The molecule has 0 amide bonds. The van der Waals surface area contributed by atoms with E-state index in [0.29, 0.717) is 6.04 Å². The van der Waals surface area contributed by atoms with Crippen LogP contribution in [0.5, 0.6) is 0 Å². The Morgan fingerprint density at radius 1 is 1.24 bits per heavy atom. The lowest BCUT2D eigenvalue weighted by Gasteiger charge is -2.31. The molecular weight excluding hydrogens is 300 g/mol. The molecule has 0 aliphatic carbocycles. The first-order chi connectivity index (χ1) is 10.1. The van der Waals surface area contributed by atoms with Crippen molar-refractivity contribution in [1.82, 2.24) is 5.32 Å². The molecule has 0 unspecified atom stereocenters. The lowest BCUT2D eigenvalue weighted by molar-refractivity contribution is 0.671. The first-order valence-electron chi connectivity index (χ1n) is 7.40. The largest absolute Gasteiger partial charge is 0.362 e. The van der Waals surface area contributed by atoms with E-state index in [1.807, 2.05) is 12.1 Å². The van der Waals surface area contributed by atoms with Crippen LogP contribution in [0.15, 0.2) is 35.7 Å². The summed E-state index contributed by atoms with van der Waals surface area (Å²) in [5.41, 5.74) is 2.41. The number of benzene rings is 1. The standard InChI is InChI=1S/C17H23ClN2S/c1-4-19-11-14-7-5-9-16(18)17(14)20(13(2)3)12-15-8-6-10-21-15/h5-10,13,19H,4,11-12H2,1-3H3. The minimum atomic E-state index is 0.396. The predicted octanol–water partition coefficient (Wildman–Crippen LogP) is 4.93. The third kappa shape index (κ3) is 4.22. The van der Waals surface area contributed by atoms with Crippen molar-refractivity contribution in [2.24, 2.45) is 0 Å². The number of hydrogen-bond acceptors (Lipinski definition) is 3. The summed E-state index contributed by atoms with van der Waals surface area (Å²) in [5.74, 6) is 0. The van der Waals surface area contributed by atoms with E-state index in [0.717, 1.165) is 30.3 Å². The third-order valence-electron chi connectivity index (χ3n) is 3.45. The summed E-state index contributed by atoms with van der Waals surface area (Å²) in [6.45, 7) is 9.26. The zero-order chi connectivity index (χ0) is 15.2.